The molecule has 0 aromatic heterocycles. The highest BCUT2D eigenvalue weighted by atomic mass is 16.6. The summed E-state index contributed by atoms with van der Waals surface area (Å²) in [5.41, 5.74) is 2.68. The summed E-state index contributed by atoms with van der Waals surface area (Å²) < 4.78 is 5.27. The van der Waals surface area contributed by atoms with E-state index >= 15 is 0 Å². The molecule has 0 radical (unpaired) electrons. The number of nitrogens with one attached hydrogen (secondary N) is 1. The van der Waals surface area contributed by atoms with E-state index in [1.54, 1.807) is 25.3 Å². The number of carboxylic acid groups (broad SMARTS) is 2. The lowest BCUT2D eigenvalue weighted by Crippen LogP contribution is -2.09. The number of hydrogen-bond donors (Lipinski definition) is 3. The quantitative estimate of drug-likeness (QED) is 0.419. The maximum Gasteiger partial charge on any atom is 0.414 e. The maximum absolute atomic E-state index is 11.0. The third-order valence-electron chi connectivity index (χ3n) is 3.20. The topological polar surface area (TPSA) is 139 Å². The summed E-state index contributed by atoms with van der Waals surface area (Å²) in [7, 11) is 1.60. The van der Waals surface area contributed by atoms with Gasteiger partial charge in [-0.15, -0.1) is 0 Å². The van der Waals surface area contributed by atoms with Gasteiger partial charge in [-0.05, 0) is 24.6 Å². The average Bonchev–Trinajstić information content (AvgIpc) is 2.60. The molecule has 0 aliphatic heterocycles. The van der Waals surface area contributed by atoms with Gasteiger partial charge in [-0.3, -0.25) is 10.1 Å². The number of benzene rings is 2. The number of nitro benzene ring substituents is 1. The maximum atomic E-state index is 11.0. The van der Waals surface area contributed by atoms with Crippen LogP contribution in [-0.4, -0.2) is 34.2 Å². The molecule has 0 saturated heterocycles. The van der Waals surface area contributed by atoms with Crippen LogP contribution in [0.4, 0.5) is 11.4 Å². The van der Waals surface area contributed by atoms with Gasteiger partial charge in [-0.25, -0.2) is 9.59 Å². The van der Waals surface area contributed by atoms with Crippen molar-refractivity contribution in [3.63, 3.8) is 0 Å². The van der Waals surface area contributed by atoms with E-state index in [1.165, 1.54) is 6.07 Å². The zero-order chi connectivity index (χ0) is 19.7. The van der Waals surface area contributed by atoms with Gasteiger partial charge in [0.25, 0.3) is 5.69 Å². The van der Waals surface area contributed by atoms with E-state index in [1.807, 2.05) is 25.1 Å². The Labute approximate surface area is 149 Å². The van der Waals surface area contributed by atoms with Crippen molar-refractivity contribution in [2.24, 2.45) is 0 Å². The Morgan fingerprint density at radius 1 is 1.15 bits per heavy atom. The van der Waals surface area contributed by atoms with Gasteiger partial charge >= 0.3 is 11.9 Å². The SMILES string of the molecule is COc1ccc(C)cc1NCc1ccccc1[N+](=O)[O-].O=C(O)C(=O)O. The number of nitro groups is 1. The molecule has 0 bridgehead atoms. The van der Waals surface area contributed by atoms with Gasteiger partial charge in [-0.2, -0.15) is 0 Å². The molecular formula is C17H18N2O7. The molecule has 3 N–H and O–H groups in total. The Balaban J connectivity index is 0.000000487. The highest BCUT2D eigenvalue weighted by Gasteiger charge is 2.12. The van der Waals surface area contributed by atoms with Crippen molar-refractivity contribution in [2.75, 3.05) is 12.4 Å². The number of rotatable bonds is 5. The molecule has 0 spiro atoms. The molecule has 9 nitrogen and oxygen atoms in total. The second-order valence-corrected chi connectivity index (χ2v) is 5.05. The van der Waals surface area contributed by atoms with Gasteiger partial charge < -0.3 is 20.3 Å². The Morgan fingerprint density at radius 3 is 2.31 bits per heavy atom. The molecule has 0 atom stereocenters. The molecule has 0 saturated carbocycles. The molecule has 0 aliphatic rings. The number of ether oxygens (including phenoxy) is 1. The second-order valence-electron chi connectivity index (χ2n) is 5.05. The van der Waals surface area contributed by atoms with Crippen molar-refractivity contribution >= 4 is 23.3 Å². The molecule has 2 aromatic rings. The Morgan fingerprint density at radius 2 is 1.77 bits per heavy atom. The average molecular weight is 362 g/mol. The van der Waals surface area contributed by atoms with Gasteiger partial charge in [-0.1, -0.05) is 24.3 Å². The first-order valence-electron chi connectivity index (χ1n) is 7.33. The van der Waals surface area contributed by atoms with Crippen LogP contribution < -0.4 is 10.1 Å². The van der Waals surface area contributed by atoms with Crippen molar-refractivity contribution in [1.29, 1.82) is 0 Å². The number of para-hydroxylation sites is 1. The molecule has 0 fully saturated rings. The number of anilines is 1. The highest BCUT2D eigenvalue weighted by Crippen LogP contribution is 2.27. The van der Waals surface area contributed by atoms with Crippen LogP contribution in [0.15, 0.2) is 42.5 Å². The van der Waals surface area contributed by atoms with Crippen molar-refractivity contribution in [2.45, 2.75) is 13.5 Å². The lowest BCUT2D eigenvalue weighted by molar-refractivity contribution is -0.385. The number of hydrogen-bond acceptors (Lipinski definition) is 6. The summed E-state index contributed by atoms with van der Waals surface area (Å²) in [5.74, 6) is -2.93. The van der Waals surface area contributed by atoms with Gasteiger partial charge in [0.2, 0.25) is 0 Å². The largest absolute Gasteiger partial charge is 0.495 e. The molecular weight excluding hydrogens is 344 g/mol. The van der Waals surface area contributed by atoms with Crippen molar-refractivity contribution in [3.8, 4) is 5.75 Å². The molecule has 26 heavy (non-hydrogen) atoms. The highest BCUT2D eigenvalue weighted by molar-refractivity contribution is 6.27. The predicted molar refractivity (Wildman–Crippen MR) is 93.4 cm³/mol. The van der Waals surface area contributed by atoms with E-state index in [-0.39, 0.29) is 10.6 Å². The molecule has 9 heteroatoms. The number of nitrogens with zero attached hydrogens (tertiary/aromatic N) is 1. The van der Waals surface area contributed by atoms with Crippen molar-refractivity contribution < 1.29 is 29.5 Å². The standard InChI is InChI=1S/C15H16N2O3.C2H2O4/c1-11-7-8-15(20-2)13(9-11)16-10-12-5-3-4-6-14(12)17(18)19;3-1(4)2(5)6/h3-9,16H,10H2,1-2H3;(H,3,4)(H,5,6). The first-order valence-corrected chi connectivity index (χ1v) is 7.33. The van der Waals surface area contributed by atoms with E-state index in [2.05, 4.69) is 5.32 Å². The summed E-state index contributed by atoms with van der Waals surface area (Å²) in [5, 5.41) is 28.9. The first-order chi connectivity index (χ1) is 12.3. The van der Waals surface area contributed by atoms with Gasteiger partial charge in [0.15, 0.2) is 0 Å². The summed E-state index contributed by atoms with van der Waals surface area (Å²) >= 11 is 0. The summed E-state index contributed by atoms with van der Waals surface area (Å²) in [6.07, 6.45) is 0. The van der Waals surface area contributed by atoms with Crippen molar-refractivity contribution in [3.05, 3.63) is 63.7 Å². The molecule has 0 amide bonds. The Hall–Kier alpha value is -3.62. The molecule has 2 aromatic carbocycles. The lowest BCUT2D eigenvalue weighted by atomic mass is 10.1. The zero-order valence-corrected chi connectivity index (χ0v) is 14.1. The van der Waals surface area contributed by atoms with Crippen LogP contribution >= 0.6 is 0 Å². The van der Waals surface area contributed by atoms with Crippen LogP contribution in [-0.2, 0) is 16.1 Å². The smallest absolute Gasteiger partial charge is 0.414 e. The number of carboxylic acids is 2. The fourth-order valence-corrected chi connectivity index (χ4v) is 1.99. The fourth-order valence-electron chi connectivity index (χ4n) is 1.99. The summed E-state index contributed by atoms with van der Waals surface area (Å²) in [6, 6.07) is 12.5. The zero-order valence-electron chi connectivity index (χ0n) is 14.1. The van der Waals surface area contributed by atoms with Crippen LogP contribution in [0.2, 0.25) is 0 Å². The van der Waals surface area contributed by atoms with E-state index in [4.69, 9.17) is 24.5 Å². The second kappa shape index (κ2) is 9.62. The minimum Gasteiger partial charge on any atom is -0.495 e. The number of carbonyl (C=O) groups is 2. The van der Waals surface area contributed by atoms with Gasteiger partial charge in [0, 0.05) is 18.2 Å². The fraction of sp³-hybridized carbons (Fsp3) is 0.176. The molecule has 0 heterocycles. The van der Waals surface area contributed by atoms with Crippen molar-refractivity contribution in [1.82, 2.24) is 0 Å². The first kappa shape index (κ1) is 20.4. The molecule has 2 rings (SSSR count). The number of methoxy groups -OCH3 is 1. The Bertz CT molecular complexity index is 793. The third kappa shape index (κ3) is 6.11. The normalized spacial score (nSPS) is 9.46. The van der Waals surface area contributed by atoms with Gasteiger partial charge in [0.05, 0.1) is 17.7 Å². The van der Waals surface area contributed by atoms with Crippen LogP contribution in [0.5, 0.6) is 5.75 Å². The molecule has 0 unspecified atom stereocenters. The van der Waals surface area contributed by atoms with Crippen LogP contribution in [0.3, 0.4) is 0 Å². The minimum absolute atomic E-state index is 0.117. The van der Waals surface area contributed by atoms with E-state index in [0.29, 0.717) is 17.9 Å². The van der Waals surface area contributed by atoms with E-state index < -0.39 is 11.9 Å². The molecule has 0 aliphatic carbocycles. The third-order valence-corrected chi connectivity index (χ3v) is 3.20. The van der Waals surface area contributed by atoms with Crippen LogP contribution in [0, 0.1) is 17.0 Å². The Kier molecular flexibility index (Phi) is 7.56. The van der Waals surface area contributed by atoms with Crippen LogP contribution in [0.1, 0.15) is 11.1 Å². The number of aliphatic carboxylic acids is 2. The van der Waals surface area contributed by atoms with E-state index in [9.17, 15) is 10.1 Å². The van der Waals surface area contributed by atoms with Crippen LogP contribution in [0.25, 0.3) is 0 Å². The number of aryl methyl sites for hydroxylation is 1. The predicted octanol–water partition coefficient (Wildman–Crippen LogP) is 2.68. The monoisotopic (exact) mass is 362 g/mol. The lowest BCUT2D eigenvalue weighted by Gasteiger charge is -2.12. The summed E-state index contributed by atoms with van der Waals surface area (Å²) in [4.78, 5) is 28.8. The van der Waals surface area contributed by atoms with E-state index in [0.717, 1.165) is 11.3 Å². The minimum atomic E-state index is -1.82. The molecule has 138 valence electrons. The van der Waals surface area contributed by atoms with Gasteiger partial charge in [0.1, 0.15) is 5.75 Å². The summed E-state index contributed by atoms with van der Waals surface area (Å²) in [6.45, 7) is 2.35.